The normalized spacial score (nSPS) is 19.6. The summed E-state index contributed by atoms with van der Waals surface area (Å²) in [5.41, 5.74) is 0. The second kappa shape index (κ2) is 4.79. The molecule has 1 aromatic heterocycles. The molecule has 0 bridgehead atoms. The van der Waals surface area contributed by atoms with Crippen LogP contribution in [-0.2, 0) is 6.42 Å². The van der Waals surface area contributed by atoms with Gasteiger partial charge < -0.3 is 9.73 Å². The van der Waals surface area contributed by atoms with Crippen molar-refractivity contribution in [1.82, 2.24) is 10.3 Å². The quantitative estimate of drug-likeness (QED) is 0.826. The van der Waals surface area contributed by atoms with Crippen molar-refractivity contribution in [3.63, 3.8) is 0 Å². The van der Waals surface area contributed by atoms with Gasteiger partial charge in [-0.2, -0.15) is 0 Å². The van der Waals surface area contributed by atoms with Crippen LogP contribution in [-0.4, -0.2) is 12.0 Å². The van der Waals surface area contributed by atoms with Crippen molar-refractivity contribution in [3.05, 3.63) is 17.8 Å². The molecule has 1 N–H and O–H groups in total. The number of nitrogens with one attached hydrogen (secondary N) is 1. The Balaban J connectivity index is 1.94. The molecule has 0 radical (unpaired) electrons. The van der Waals surface area contributed by atoms with Crippen LogP contribution >= 0.6 is 0 Å². The van der Waals surface area contributed by atoms with Crippen LogP contribution in [0.4, 0.5) is 0 Å². The molecule has 1 unspecified atom stereocenters. The highest BCUT2D eigenvalue weighted by Crippen LogP contribution is 2.28. The standard InChI is InChI=1S/C12H20N2O/c1-9(13-2)12-14-8-11(15-12)7-10-5-3-4-6-10/h8-10,13H,3-7H2,1-2H3. The van der Waals surface area contributed by atoms with Crippen molar-refractivity contribution in [2.45, 2.75) is 45.1 Å². The van der Waals surface area contributed by atoms with E-state index in [1.807, 2.05) is 13.2 Å². The molecule has 1 saturated carbocycles. The molecule has 1 aliphatic rings. The molecule has 84 valence electrons. The first-order chi connectivity index (χ1) is 7.29. The van der Waals surface area contributed by atoms with Gasteiger partial charge in [0.2, 0.25) is 5.89 Å². The first-order valence-electron chi connectivity index (χ1n) is 5.91. The van der Waals surface area contributed by atoms with Crippen LogP contribution < -0.4 is 5.32 Å². The second-order valence-corrected chi connectivity index (χ2v) is 4.53. The minimum Gasteiger partial charge on any atom is -0.444 e. The topological polar surface area (TPSA) is 38.1 Å². The summed E-state index contributed by atoms with van der Waals surface area (Å²) in [6.45, 7) is 2.06. The molecule has 0 aromatic carbocycles. The summed E-state index contributed by atoms with van der Waals surface area (Å²) in [6, 6.07) is 0.210. The van der Waals surface area contributed by atoms with E-state index in [4.69, 9.17) is 4.42 Å². The zero-order chi connectivity index (χ0) is 10.7. The maximum Gasteiger partial charge on any atom is 0.211 e. The van der Waals surface area contributed by atoms with Gasteiger partial charge in [-0.3, -0.25) is 0 Å². The van der Waals surface area contributed by atoms with Gasteiger partial charge >= 0.3 is 0 Å². The highest BCUT2D eigenvalue weighted by atomic mass is 16.4. The predicted molar refractivity (Wildman–Crippen MR) is 59.6 cm³/mol. The largest absolute Gasteiger partial charge is 0.444 e. The van der Waals surface area contributed by atoms with Crippen LogP contribution in [0.2, 0.25) is 0 Å². The summed E-state index contributed by atoms with van der Waals surface area (Å²) >= 11 is 0. The van der Waals surface area contributed by atoms with Crippen molar-refractivity contribution in [2.75, 3.05) is 7.05 Å². The Kier molecular flexibility index (Phi) is 3.41. The van der Waals surface area contributed by atoms with Gasteiger partial charge in [0.15, 0.2) is 0 Å². The van der Waals surface area contributed by atoms with Crippen LogP contribution in [0.3, 0.4) is 0 Å². The molecule has 1 aromatic rings. The summed E-state index contributed by atoms with van der Waals surface area (Å²) in [6.07, 6.45) is 8.46. The molecule has 1 heterocycles. The van der Waals surface area contributed by atoms with Gasteiger partial charge in [0.1, 0.15) is 5.76 Å². The van der Waals surface area contributed by atoms with E-state index in [1.54, 1.807) is 0 Å². The van der Waals surface area contributed by atoms with Crippen molar-refractivity contribution >= 4 is 0 Å². The average molecular weight is 208 g/mol. The van der Waals surface area contributed by atoms with Crippen LogP contribution in [0, 0.1) is 5.92 Å². The lowest BCUT2D eigenvalue weighted by Crippen LogP contribution is -2.12. The van der Waals surface area contributed by atoms with Crippen LogP contribution in [0.15, 0.2) is 10.6 Å². The molecule has 3 nitrogen and oxygen atoms in total. The van der Waals surface area contributed by atoms with Crippen molar-refractivity contribution in [1.29, 1.82) is 0 Å². The van der Waals surface area contributed by atoms with Crippen molar-refractivity contribution in [3.8, 4) is 0 Å². The van der Waals surface area contributed by atoms with E-state index in [-0.39, 0.29) is 6.04 Å². The third-order valence-electron chi connectivity index (χ3n) is 3.34. The molecule has 0 amide bonds. The first-order valence-corrected chi connectivity index (χ1v) is 5.91. The number of aromatic nitrogens is 1. The fraction of sp³-hybridized carbons (Fsp3) is 0.750. The molecule has 3 heteroatoms. The lowest BCUT2D eigenvalue weighted by molar-refractivity contribution is 0.384. The Morgan fingerprint density at radius 2 is 2.27 bits per heavy atom. The van der Waals surface area contributed by atoms with Gasteiger partial charge in [0, 0.05) is 6.42 Å². The lowest BCUT2D eigenvalue weighted by Gasteiger charge is -2.06. The second-order valence-electron chi connectivity index (χ2n) is 4.53. The van der Waals surface area contributed by atoms with Gasteiger partial charge in [-0.25, -0.2) is 4.98 Å². The first kappa shape index (κ1) is 10.7. The summed E-state index contributed by atoms with van der Waals surface area (Å²) in [4.78, 5) is 4.30. The van der Waals surface area contributed by atoms with E-state index in [9.17, 15) is 0 Å². The number of rotatable bonds is 4. The highest BCUT2D eigenvalue weighted by molar-refractivity contribution is 4.99. The summed E-state index contributed by atoms with van der Waals surface area (Å²) in [5, 5.41) is 3.13. The molecule has 0 aliphatic heterocycles. The Morgan fingerprint density at radius 1 is 1.53 bits per heavy atom. The molecule has 1 aliphatic carbocycles. The third kappa shape index (κ3) is 2.59. The molecule has 0 saturated heterocycles. The molecule has 15 heavy (non-hydrogen) atoms. The van der Waals surface area contributed by atoms with Crippen molar-refractivity contribution < 1.29 is 4.42 Å². The van der Waals surface area contributed by atoms with Gasteiger partial charge in [-0.15, -0.1) is 0 Å². The highest BCUT2D eigenvalue weighted by Gasteiger charge is 2.18. The SMILES string of the molecule is CNC(C)c1ncc(CC2CCCC2)o1. The summed E-state index contributed by atoms with van der Waals surface area (Å²) in [5.74, 6) is 2.69. The Morgan fingerprint density at radius 3 is 2.93 bits per heavy atom. The average Bonchev–Trinajstić information content (AvgIpc) is 2.88. The van der Waals surface area contributed by atoms with Gasteiger partial charge in [-0.1, -0.05) is 25.7 Å². The smallest absolute Gasteiger partial charge is 0.211 e. The van der Waals surface area contributed by atoms with E-state index in [1.165, 1.54) is 25.7 Å². The van der Waals surface area contributed by atoms with E-state index in [0.717, 1.165) is 24.0 Å². The molecule has 2 rings (SSSR count). The van der Waals surface area contributed by atoms with Gasteiger partial charge in [0.25, 0.3) is 0 Å². The Labute approximate surface area is 91.3 Å². The number of hydrogen-bond donors (Lipinski definition) is 1. The van der Waals surface area contributed by atoms with E-state index >= 15 is 0 Å². The fourth-order valence-corrected chi connectivity index (χ4v) is 2.24. The third-order valence-corrected chi connectivity index (χ3v) is 3.34. The Hall–Kier alpha value is -0.830. The molecule has 0 spiro atoms. The zero-order valence-corrected chi connectivity index (χ0v) is 9.62. The Bertz CT molecular complexity index is 302. The fourth-order valence-electron chi connectivity index (χ4n) is 2.24. The van der Waals surface area contributed by atoms with Crippen LogP contribution in [0.25, 0.3) is 0 Å². The van der Waals surface area contributed by atoms with Crippen molar-refractivity contribution in [2.24, 2.45) is 5.92 Å². The summed E-state index contributed by atoms with van der Waals surface area (Å²) < 4.78 is 5.72. The van der Waals surface area contributed by atoms with E-state index in [2.05, 4.69) is 17.2 Å². The summed E-state index contributed by atoms with van der Waals surface area (Å²) in [7, 11) is 1.92. The maximum atomic E-state index is 5.72. The molecule has 1 fully saturated rings. The molecule has 1 atom stereocenters. The van der Waals surface area contributed by atoms with E-state index < -0.39 is 0 Å². The number of hydrogen-bond acceptors (Lipinski definition) is 3. The lowest BCUT2D eigenvalue weighted by atomic mass is 10.0. The number of oxazole rings is 1. The van der Waals surface area contributed by atoms with Gasteiger partial charge in [-0.05, 0) is 19.9 Å². The monoisotopic (exact) mass is 208 g/mol. The predicted octanol–water partition coefficient (Wildman–Crippen LogP) is 2.69. The molecular weight excluding hydrogens is 188 g/mol. The van der Waals surface area contributed by atoms with Crippen LogP contribution in [0.5, 0.6) is 0 Å². The minimum atomic E-state index is 0.210. The number of nitrogens with zero attached hydrogens (tertiary/aromatic N) is 1. The minimum absolute atomic E-state index is 0.210. The van der Waals surface area contributed by atoms with E-state index in [0.29, 0.717) is 0 Å². The van der Waals surface area contributed by atoms with Gasteiger partial charge in [0.05, 0.1) is 12.2 Å². The maximum absolute atomic E-state index is 5.72. The molecular formula is C12H20N2O. The van der Waals surface area contributed by atoms with Crippen LogP contribution in [0.1, 0.15) is 50.3 Å². The zero-order valence-electron chi connectivity index (χ0n) is 9.62.